The lowest BCUT2D eigenvalue weighted by molar-refractivity contribution is -0.210. The van der Waals surface area contributed by atoms with Crippen molar-refractivity contribution < 1.29 is 34.3 Å². The van der Waals surface area contributed by atoms with Crippen molar-refractivity contribution in [3.8, 4) is 0 Å². The fourth-order valence-corrected chi connectivity index (χ4v) is 9.36. The Morgan fingerprint density at radius 1 is 1.11 bits per heavy atom. The first-order chi connectivity index (χ1) is 18.0. The van der Waals surface area contributed by atoms with Crippen LogP contribution in [-0.2, 0) is 19.0 Å². The van der Waals surface area contributed by atoms with Crippen LogP contribution in [0.5, 0.6) is 0 Å². The number of ether oxygens (including phenoxy) is 3. The summed E-state index contributed by atoms with van der Waals surface area (Å²) < 4.78 is 17.3. The van der Waals surface area contributed by atoms with Gasteiger partial charge in [-0.2, -0.15) is 0 Å². The molecule has 0 aromatic rings. The fraction of sp³-hybridized carbons (Fsp3) is 0.900. The van der Waals surface area contributed by atoms with E-state index in [1.54, 1.807) is 6.08 Å². The van der Waals surface area contributed by atoms with Crippen LogP contribution in [0.2, 0.25) is 0 Å². The van der Waals surface area contributed by atoms with Crippen LogP contribution >= 0.6 is 0 Å². The lowest BCUT2D eigenvalue weighted by atomic mass is 9.43. The molecule has 0 aromatic carbocycles. The third-order valence-corrected chi connectivity index (χ3v) is 11.8. The van der Waals surface area contributed by atoms with E-state index >= 15 is 0 Å². The van der Waals surface area contributed by atoms with E-state index in [0.717, 1.165) is 63.4 Å². The Morgan fingerprint density at radius 2 is 1.89 bits per heavy atom. The van der Waals surface area contributed by atoms with E-state index in [1.807, 2.05) is 6.92 Å². The molecule has 38 heavy (non-hydrogen) atoms. The van der Waals surface area contributed by atoms with Crippen molar-refractivity contribution in [3.05, 3.63) is 11.6 Å². The minimum atomic E-state index is -0.974. The van der Waals surface area contributed by atoms with Crippen LogP contribution in [0.15, 0.2) is 11.6 Å². The summed E-state index contributed by atoms with van der Waals surface area (Å²) in [7, 11) is 0. The maximum Gasteiger partial charge on any atom is 0.331 e. The van der Waals surface area contributed by atoms with Crippen LogP contribution in [0.1, 0.15) is 78.6 Å². The largest absolute Gasteiger partial charge is 0.458 e. The summed E-state index contributed by atoms with van der Waals surface area (Å²) in [5.74, 6) is 1.44. The summed E-state index contributed by atoms with van der Waals surface area (Å²) in [6.07, 6.45) is 10.1. The van der Waals surface area contributed by atoms with E-state index in [-0.39, 0.29) is 48.1 Å². The molecule has 1 aliphatic heterocycles. The van der Waals surface area contributed by atoms with Crippen molar-refractivity contribution in [2.45, 2.75) is 109 Å². The highest BCUT2D eigenvalue weighted by molar-refractivity contribution is 5.85. The molecule has 0 bridgehead atoms. The zero-order valence-corrected chi connectivity index (χ0v) is 23.4. The smallest absolute Gasteiger partial charge is 0.331 e. The Balaban J connectivity index is 1.18. The Labute approximate surface area is 227 Å². The molecule has 4 unspecified atom stereocenters. The second-order valence-corrected chi connectivity index (χ2v) is 13.6. The second-order valence-electron chi connectivity index (χ2n) is 13.6. The minimum Gasteiger partial charge on any atom is -0.458 e. The molecule has 0 radical (unpaired) electrons. The monoisotopic (exact) mass is 535 g/mol. The number of aliphatic hydroxyl groups is 3. The standard InChI is InChI=1S/C30H49NO7/c1-18(36-17-25(31)26(33)14-32)15-37-21-6-9-28(2)20(13-21)4-5-24-23(28)7-10-29(3)22(8-11-30(24,29)35)19-12-27(34)38-16-19/h12,18,20-26,32-33,35H,4-11,13-17,31H2,1-3H3/t18-,20?,21+,22-,23?,24?,25?,26-,28+,29-,30+/m1/s1. The normalized spacial score (nSPS) is 44.9. The highest BCUT2D eigenvalue weighted by Crippen LogP contribution is 2.70. The molecule has 5 aliphatic rings. The summed E-state index contributed by atoms with van der Waals surface area (Å²) >= 11 is 0. The third-order valence-electron chi connectivity index (χ3n) is 11.8. The van der Waals surface area contributed by atoms with Crippen molar-refractivity contribution in [1.82, 2.24) is 0 Å². The van der Waals surface area contributed by atoms with Gasteiger partial charge in [0.25, 0.3) is 0 Å². The Bertz CT molecular complexity index is 911. The van der Waals surface area contributed by atoms with Gasteiger partial charge in [-0.25, -0.2) is 4.79 Å². The highest BCUT2D eigenvalue weighted by atomic mass is 16.5. The van der Waals surface area contributed by atoms with Crippen molar-refractivity contribution in [2.24, 2.45) is 40.2 Å². The van der Waals surface area contributed by atoms with Gasteiger partial charge in [0.05, 0.1) is 49.8 Å². The summed E-state index contributed by atoms with van der Waals surface area (Å²) in [6.45, 7) is 7.41. The first-order valence-electron chi connectivity index (χ1n) is 14.9. The molecule has 216 valence electrons. The third kappa shape index (κ3) is 4.77. The molecule has 5 N–H and O–H groups in total. The molecule has 0 aromatic heterocycles. The Kier molecular flexibility index (Phi) is 8.06. The highest BCUT2D eigenvalue weighted by Gasteiger charge is 2.67. The maximum absolute atomic E-state index is 12.4. The summed E-state index contributed by atoms with van der Waals surface area (Å²) in [5, 5.41) is 31.0. The SMILES string of the molecule is C[C@H](CO[C@H]1CC[C@@]2(C)C(CCC3C2CC[C@]2(C)[C@@H](C4=CC(=O)OC4)CC[C@]32O)C1)OCC(N)[C@H](O)CO. The van der Waals surface area contributed by atoms with Gasteiger partial charge in [0.1, 0.15) is 6.61 Å². The predicted molar refractivity (Wildman–Crippen MR) is 142 cm³/mol. The van der Waals surface area contributed by atoms with Gasteiger partial charge in [-0.1, -0.05) is 13.8 Å². The van der Waals surface area contributed by atoms with E-state index in [1.165, 1.54) is 0 Å². The van der Waals surface area contributed by atoms with Gasteiger partial charge in [0, 0.05) is 11.5 Å². The number of carbonyl (C=O) groups is 1. The first-order valence-corrected chi connectivity index (χ1v) is 14.9. The minimum absolute atomic E-state index is 0.132. The lowest BCUT2D eigenvalue weighted by Gasteiger charge is -2.63. The van der Waals surface area contributed by atoms with Crippen molar-refractivity contribution >= 4 is 5.97 Å². The summed E-state index contributed by atoms with van der Waals surface area (Å²) in [6, 6.07) is -0.610. The average Bonchev–Trinajstić information content (AvgIpc) is 3.44. The van der Waals surface area contributed by atoms with E-state index in [2.05, 4.69) is 13.8 Å². The van der Waals surface area contributed by atoms with Crippen molar-refractivity contribution in [3.63, 3.8) is 0 Å². The van der Waals surface area contributed by atoms with Gasteiger partial charge < -0.3 is 35.3 Å². The zero-order valence-electron chi connectivity index (χ0n) is 23.4. The molecule has 0 amide bonds. The number of cyclic esters (lactones) is 1. The predicted octanol–water partition coefficient (Wildman–Crippen LogP) is 2.71. The number of rotatable bonds is 9. The molecule has 8 nitrogen and oxygen atoms in total. The van der Waals surface area contributed by atoms with E-state index in [9.17, 15) is 15.0 Å². The van der Waals surface area contributed by atoms with Crippen LogP contribution in [0, 0.1) is 34.5 Å². The molecule has 5 rings (SSSR count). The molecule has 4 fully saturated rings. The van der Waals surface area contributed by atoms with Crippen molar-refractivity contribution in [1.29, 1.82) is 0 Å². The van der Waals surface area contributed by atoms with Gasteiger partial charge >= 0.3 is 5.97 Å². The number of hydrogen-bond acceptors (Lipinski definition) is 8. The number of aliphatic hydroxyl groups excluding tert-OH is 2. The molecule has 0 spiro atoms. The summed E-state index contributed by atoms with van der Waals surface area (Å²) in [4.78, 5) is 11.8. The molecule has 0 saturated heterocycles. The summed E-state index contributed by atoms with van der Waals surface area (Å²) in [5.41, 5.74) is 6.28. The van der Waals surface area contributed by atoms with Gasteiger partial charge in [0.2, 0.25) is 0 Å². The Morgan fingerprint density at radius 3 is 2.61 bits per heavy atom. The van der Waals surface area contributed by atoms with Crippen LogP contribution in [-0.4, -0.2) is 77.7 Å². The van der Waals surface area contributed by atoms with Crippen LogP contribution in [0.3, 0.4) is 0 Å². The fourth-order valence-electron chi connectivity index (χ4n) is 9.36. The van der Waals surface area contributed by atoms with Gasteiger partial charge in [-0.3, -0.25) is 0 Å². The second kappa shape index (κ2) is 10.7. The molecular formula is C30H49NO7. The quantitative estimate of drug-likeness (QED) is 0.332. The molecule has 4 saturated carbocycles. The number of fused-ring (bicyclic) bond motifs is 5. The average molecular weight is 536 g/mol. The van der Waals surface area contributed by atoms with Crippen LogP contribution in [0.25, 0.3) is 0 Å². The number of hydrogen-bond donors (Lipinski definition) is 4. The molecule has 1 heterocycles. The lowest BCUT2D eigenvalue weighted by Crippen LogP contribution is -2.62. The topological polar surface area (TPSA) is 131 Å². The van der Waals surface area contributed by atoms with Gasteiger partial charge in [-0.15, -0.1) is 0 Å². The molecule has 4 aliphatic carbocycles. The van der Waals surface area contributed by atoms with E-state index in [0.29, 0.717) is 31.0 Å². The molecule has 11 atom stereocenters. The molecular weight excluding hydrogens is 486 g/mol. The van der Waals surface area contributed by atoms with E-state index in [4.69, 9.17) is 25.1 Å². The van der Waals surface area contributed by atoms with Crippen LogP contribution in [0.4, 0.5) is 0 Å². The number of esters is 1. The van der Waals surface area contributed by atoms with Crippen LogP contribution < -0.4 is 5.73 Å². The van der Waals surface area contributed by atoms with Gasteiger partial charge in [0.15, 0.2) is 0 Å². The Hall–Kier alpha value is -1.03. The maximum atomic E-state index is 12.4. The zero-order chi connectivity index (χ0) is 27.3. The van der Waals surface area contributed by atoms with E-state index < -0.39 is 17.7 Å². The number of carbonyl (C=O) groups excluding carboxylic acids is 1. The number of nitrogens with two attached hydrogens (primary N) is 1. The molecule has 8 heteroatoms. The van der Waals surface area contributed by atoms with Crippen molar-refractivity contribution in [2.75, 3.05) is 26.4 Å². The van der Waals surface area contributed by atoms with Gasteiger partial charge in [-0.05, 0) is 99.4 Å². The first kappa shape index (κ1) is 28.5.